The third kappa shape index (κ3) is 3.36. The average molecular weight is 377 g/mol. The monoisotopic (exact) mass is 377 g/mol. The van der Waals surface area contributed by atoms with E-state index in [0.717, 1.165) is 5.56 Å². The molecule has 2 aromatic carbocycles. The van der Waals surface area contributed by atoms with Gasteiger partial charge >= 0.3 is 0 Å². The number of nitrogens with zero attached hydrogens (tertiary/aromatic N) is 3. The van der Waals surface area contributed by atoms with E-state index in [1.807, 2.05) is 25.1 Å². The molecule has 0 aliphatic rings. The van der Waals surface area contributed by atoms with Crippen LogP contribution in [0.2, 0.25) is 0 Å². The van der Waals surface area contributed by atoms with Crippen molar-refractivity contribution in [2.24, 2.45) is 0 Å². The standard InChI is InChI=1S/C21H16FN3OS/c1-14(15-7-6-12-23-13-15)27-21-24-18-10-4-2-8-16(18)20(26)25(21)19-11-5-3-9-17(19)22/h2-14H,1H3. The highest BCUT2D eigenvalue weighted by Crippen LogP contribution is 2.34. The summed E-state index contributed by atoms with van der Waals surface area (Å²) < 4.78 is 15.8. The van der Waals surface area contributed by atoms with Gasteiger partial charge < -0.3 is 0 Å². The highest BCUT2D eigenvalue weighted by molar-refractivity contribution is 7.99. The Labute approximate surface area is 159 Å². The lowest BCUT2D eigenvalue weighted by atomic mass is 10.2. The minimum atomic E-state index is -0.465. The molecule has 134 valence electrons. The number of thioether (sulfide) groups is 1. The number of aromatic nitrogens is 3. The number of benzene rings is 2. The number of hydrogen-bond acceptors (Lipinski definition) is 4. The first-order valence-electron chi connectivity index (χ1n) is 8.48. The van der Waals surface area contributed by atoms with Crippen LogP contribution in [0.3, 0.4) is 0 Å². The van der Waals surface area contributed by atoms with E-state index in [9.17, 15) is 9.18 Å². The molecule has 4 aromatic rings. The predicted molar refractivity (Wildman–Crippen MR) is 106 cm³/mol. The van der Waals surface area contributed by atoms with E-state index in [4.69, 9.17) is 0 Å². The fourth-order valence-electron chi connectivity index (χ4n) is 2.88. The van der Waals surface area contributed by atoms with Crippen molar-refractivity contribution in [3.8, 4) is 5.69 Å². The molecule has 0 saturated heterocycles. The molecule has 0 amide bonds. The van der Waals surface area contributed by atoms with Gasteiger partial charge in [0.25, 0.3) is 5.56 Å². The van der Waals surface area contributed by atoms with Crippen LogP contribution in [0.15, 0.2) is 83.0 Å². The minimum Gasteiger partial charge on any atom is -0.268 e. The van der Waals surface area contributed by atoms with Gasteiger partial charge in [0, 0.05) is 17.6 Å². The predicted octanol–water partition coefficient (Wildman–Crippen LogP) is 4.77. The Hall–Kier alpha value is -2.99. The SMILES string of the molecule is CC(Sc1nc2ccccc2c(=O)n1-c1ccccc1F)c1cccnc1. The number of pyridine rings is 1. The lowest BCUT2D eigenvalue weighted by Gasteiger charge is -2.17. The third-order valence-corrected chi connectivity index (χ3v) is 5.38. The molecule has 0 bridgehead atoms. The second kappa shape index (κ2) is 7.32. The van der Waals surface area contributed by atoms with E-state index in [0.29, 0.717) is 16.1 Å². The summed E-state index contributed by atoms with van der Waals surface area (Å²) in [5.74, 6) is -0.465. The van der Waals surface area contributed by atoms with Gasteiger partial charge in [-0.1, -0.05) is 42.1 Å². The van der Waals surface area contributed by atoms with E-state index in [-0.39, 0.29) is 16.5 Å². The van der Waals surface area contributed by atoms with Gasteiger partial charge in [0.1, 0.15) is 5.82 Å². The Morgan fingerprint density at radius 1 is 1.04 bits per heavy atom. The molecule has 4 rings (SSSR count). The van der Waals surface area contributed by atoms with Crippen LogP contribution in [0.5, 0.6) is 0 Å². The van der Waals surface area contributed by atoms with Crippen LogP contribution in [0.4, 0.5) is 4.39 Å². The third-order valence-electron chi connectivity index (χ3n) is 4.27. The molecule has 2 aromatic heterocycles. The van der Waals surface area contributed by atoms with Crippen molar-refractivity contribution in [1.29, 1.82) is 0 Å². The molecule has 27 heavy (non-hydrogen) atoms. The van der Waals surface area contributed by atoms with Crippen LogP contribution in [0, 0.1) is 5.82 Å². The quantitative estimate of drug-likeness (QED) is 0.380. The first-order valence-corrected chi connectivity index (χ1v) is 9.36. The molecule has 0 saturated carbocycles. The van der Waals surface area contributed by atoms with E-state index >= 15 is 0 Å². The minimum absolute atomic E-state index is 0.00946. The maximum absolute atomic E-state index is 14.5. The van der Waals surface area contributed by atoms with Gasteiger partial charge in [-0.05, 0) is 42.8 Å². The molecular weight excluding hydrogens is 361 g/mol. The second-order valence-corrected chi connectivity index (χ2v) is 7.36. The molecule has 4 nitrogen and oxygen atoms in total. The Morgan fingerprint density at radius 3 is 2.59 bits per heavy atom. The summed E-state index contributed by atoms with van der Waals surface area (Å²) in [6.45, 7) is 2.01. The van der Waals surface area contributed by atoms with Crippen LogP contribution in [0.25, 0.3) is 16.6 Å². The van der Waals surface area contributed by atoms with Gasteiger partial charge in [-0.15, -0.1) is 0 Å². The molecule has 0 radical (unpaired) electrons. The van der Waals surface area contributed by atoms with Crippen LogP contribution in [0.1, 0.15) is 17.7 Å². The molecule has 6 heteroatoms. The Balaban J connectivity index is 1.92. The van der Waals surface area contributed by atoms with Crippen molar-refractivity contribution in [2.75, 3.05) is 0 Å². The van der Waals surface area contributed by atoms with Gasteiger partial charge in [0.05, 0.1) is 16.6 Å². The second-order valence-electron chi connectivity index (χ2n) is 6.05. The van der Waals surface area contributed by atoms with Crippen molar-refractivity contribution >= 4 is 22.7 Å². The highest BCUT2D eigenvalue weighted by atomic mass is 32.2. The number of hydrogen-bond donors (Lipinski definition) is 0. The number of para-hydroxylation sites is 2. The van der Waals surface area contributed by atoms with E-state index in [1.54, 1.807) is 48.8 Å². The number of rotatable bonds is 4. The molecule has 0 aliphatic heterocycles. The fraction of sp³-hybridized carbons (Fsp3) is 0.0952. The van der Waals surface area contributed by atoms with E-state index in [2.05, 4.69) is 9.97 Å². The lowest BCUT2D eigenvalue weighted by Crippen LogP contribution is -2.22. The van der Waals surface area contributed by atoms with Crippen LogP contribution in [-0.4, -0.2) is 14.5 Å². The van der Waals surface area contributed by atoms with E-state index in [1.165, 1.54) is 22.4 Å². The van der Waals surface area contributed by atoms with Gasteiger partial charge in [-0.2, -0.15) is 0 Å². The van der Waals surface area contributed by atoms with Crippen molar-refractivity contribution in [2.45, 2.75) is 17.3 Å². The maximum Gasteiger partial charge on any atom is 0.266 e. The van der Waals surface area contributed by atoms with E-state index < -0.39 is 5.82 Å². The summed E-state index contributed by atoms with van der Waals surface area (Å²) >= 11 is 1.40. The lowest BCUT2D eigenvalue weighted by molar-refractivity contribution is 0.608. The summed E-state index contributed by atoms with van der Waals surface area (Å²) in [6, 6.07) is 17.2. The topological polar surface area (TPSA) is 47.8 Å². The van der Waals surface area contributed by atoms with Gasteiger partial charge in [-0.25, -0.2) is 9.37 Å². The first kappa shape index (κ1) is 17.4. The van der Waals surface area contributed by atoms with Gasteiger partial charge in [0.15, 0.2) is 5.16 Å². The molecule has 0 N–H and O–H groups in total. The summed E-state index contributed by atoms with van der Waals surface area (Å²) in [5, 5.41) is 0.893. The van der Waals surface area contributed by atoms with Crippen molar-refractivity contribution in [3.05, 3.63) is 94.8 Å². The zero-order chi connectivity index (χ0) is 18.8. The van der Waals surface area contributed by atoms with Crippen LogP contribution in [-0.2, 0) is 0 Å². The normalized spacial score (nSPS) is 12.2. The maximum atomic E-state index is 14.5. The molecule has 1 unspecified atom stereocenters. The van der Waals surface area contributed by atoms with Crippen LogP contribution >= 0.6 is 11.8 Å². The highest BCUT2D eigenvalue weighted by Gasteiger charge is 2.18. The fourth-order valence-corrected chi connectivity index (χ4v) is 3.91. The van der Waals surface area contributed by atoms with Crippen molar-refractivity contribution in [3.63, 3.8) is 0 Å². The molecule has 1 atom stereocenters. The Bertz CT molecular complexity index is 1160. The summed E-state index contributed by atoms with van der Waals surface area (Å²) in [5.41, 5.74) is 1.51. The molecule has 0 aliphatic carbocycles. The first-order chi connectivity index (χ1) is 13.1. The van der Waals surface area contributed by atoms with Crippen molar-refractivity contribution in [1.82, 2.24) is 14.5 Å². The molecule has 2 heterocycles. The zero-order valence-corrected chi connectivity index (χ0v) is 15.4. The summed E-state index contributed by atoms with van der Waals surface area (Å²) in [6.07, 6.45) is 3.49. The number of fused-ring (bicyclic) bond motifs is 1. The molecule has 0 spiro atoms. The van der Waals surface area contributed by atoms with Gasteiger partial charge in [-0.3, -0.25) is 14.3 Å². The van der Waals surface area contributed by atoms with Crippen molar-refractivity contribution < 1.29 is 4.39 Å². The summed E-state index contributed by atoms with van der Waals surface area (Å²) in [4.78, 5) is 22.0. The van der Waals surface area contributed by atoms with Crippen LogP contribution < -0.4 is 5.56 Å². The zero-order valence-electron chi connectivity index (χ0n) is 14.5. The average Bonchev–Trinajstić information content (AvgIpc) is 2.70. The molecule has 0 fully saturated rings. The largest absolute Gasteiger partial charge is 0.268 e. The Morgan fingerprint density at radius 2 is 1.81 bits per heavy atom. The Kier molecular flexibility index (Phi) is 4.73. The number of halogens is 1. The van der Waals surface area contributed by atoms with Gasteiger partial charge in [0.2, 0.25) is 0 Å². The smallest absolute Gasteiger partial charge is 0.266 e. The summed E-state index contributed by atoms with van der Waals surface area (Å²) in [7, 11) is 0. The molecular formula is C21H16FN3OS.